The minimum Gasteiger partial charge on any atom is -0.378 e. The Labute approximate surface area is 119 Å². The highest BCUT2D eigenvalue weighted by Gasteiger charge is 2.34. The Morgan fingerprint density at radius 2 is 2.17 bits per heavy atom. The van der Waals surface area contributed by atoms with Crippen LogP contribution in [0.1, 0.15) is 55.7 Å². The average Bonchev–Trinajstić information content (AvgIpc) is 2.96. The van der Waals surface area contributed by atoms with Crippen molar-refractivity contribution in [3.8, 4) is 0 Å². The Balaban J connectivity index is 2.14. The van der Waals surface area contributed by atoms with E-state index in [4.69, 9.17) is 16.3 Å². The van der Waals surface area contributed by atoms with Crippen molar-refractivity contribution in [1.82, 2.24) is 0 Å². The summed E-state index contributed by atoms with van der Waals surface area (Å²) in [6.07, 6.45) is 2.49. The standard InChI is InChI=1S/C15H23ClOS/c1-5-11-10(8-9-17-11)14(16)12-6-7-13(18-12)15(2,3)4/h6-7,10-11,14H,5,8-9H2,1-4H3. The maximum absolute atomic E-state index is 6.68. The highest BCUT2D eigenvalue weighted by atomic mass is 35.5. The van der Waals surface area contributed by atoms with Gasteiger partial charge in [-0.1, -0.05) is 27.7 Å². The molecule has 18 heavy (non-hydrogen) atoms. The van der Waals surface area contributed by atoms with Crippen molar-refractivity contribution in [2.45, 2.75) is 57.4 Å². The van der Waals surface area contributed by atoms with E-state index in [2.05, 4.69) is 39.8 Å². The Hall–Kier alpha value is -0.0500. The maximum atomic E-state index is 6.68. The average molecular weight is 287 g/mol. The van der Waals surface area contributed by atoms with Gasteiger partial charge < -0.3 is 4.74 Å². The monoisotopic (exact) mass is 286 g/mol. The minimum absolute atomic E-state index is 0.110. The van der Waals surface area contributed by atoms with Gasteiger partial charge in [-0.3, -0.25) is 0 Å². The largest absolute Gasteiger partial charge is 0.378 e. The molecule has 1 aliphatic rings. The summed E-state index contributed by atoms with van der Waals surface area (Å²) in [5, 5.41) is 0.110. The van der Waals surface area contributed by atoms with Crippen molar-refractivity contribution in [1.29, 1.82) is 0 Å². The Morgan fingerprint density at radius 1 is 1.44 bits per heavy atom. The summed E-state index contributed by atoms with van der Waals surface area (Å²) in [5.41, 5.74) is 0.218. The van der Waals surface area contributed by atoms with Crippen LogP contribution in [0.2, 0.25) is 0 Å². The van der Waals surface area contributed by atoms with Gasteiger partial charge in [-0.2, -0.15) is 0 Å². The zero-order chi connectivity index (χ0) is 13.3. The van der Waals surface area contributed by atoms with E-state index >= 15 is 0 Å². The van der Waals surface area contributed by atoms with Crippen molar-refractivity contribution < 1.29 is 4.74 Å². The lowest BCUT2D eigenvalue weighted by atomic mass is 9.94. The molecular weight excluding hydrogens is 264 g/mol. The molecule has 3 heteroatoms. The van der Waals surface area contributed by atoms with Gasteiger partial charge in [0.1, 0.15) is 0 Å². The molecule has 1 fully saturated rings. The zero-order valence-corrected chi connectivity index (χ0v) is 13.3. The van der Waals surface area contributed by atoms with Crippen LogP contribution in [-0.2, 0) is 10.2 Å². The minimum atomic E-state index is 0.110. The van der Waals surface area contributed by atoms with Gasteiger partial charge in [-0.25, -0.2) is 0 Å². The molecule has 0 amide bonds. The fourth-order valence-corrected chi connectivity index (χ4v) is 4.15. The predicted molar refractivity (Wildman–Crippen MR) is 79.8 cm³/mol. The summed E-state index contributed by atoms with van der Waals surface area (Å²) in [6.45, 7) is 9.80. The molecule has 1 aromatic rings. The van der Waals surface area contributed by atoms with E-state index in [9.17, 15) is 0 Å². The van der Waals surface area contributed by atoms with Crippen LogP contribution in [0.25, 0.3) is 0 Å². The van der Waals surface area contributed by atoms with Crippen molar-refractivity contribution in [3.63, 3.8) is 0 Å². The van der Waals surface area contributed by atoms with Crippen molar-refractivity contribution >= 4 is 22.9 Å². The highest BCUT2D eigenvalue weighted by Crippen LogP contribution is 2.43. The molecule has 0 bridgehead atoms. The molecule has 2 rings (SSSR count). The van der Waals surface area contributed by atoms with Crippen molar-refractivity contribution in [3.05, 3.63) is 21.9 Å². The second-order valence-corrected chi connectivity index (χ2v) is 7.71. The number of ether oxygens (including phenoxy) is 1. The van der Waals surface area contributed by atoms with E-state index in [0.29, 0.717) is 12.0 Å². The first-order valence-electron chi connectivity index (χ1n) is 6.79. The normalized spacial score (nSPS) is 26.5. The molecule has 3 unspecified atom stereocenters. The zero-order valence-electron chi connectivity index (χ0n) is 11.7. The van der Waals surface area contributed by atoms with Crippen molar-refractivity contribution in [2.24, 2.45) is 5.92 Å². The summed E-state index contributed by atoms with van der Waals surface area (Å²) in [7, 11) is 0. The van der Waals surface area contributed by atoms with Crippen LogP contribution in [0.3, 0.4) is 0 Å². The first-order chi connectivity index (χ1) is 8.43. The first kappa shape index (κ1) is 14.4. The molecule has 0 N–H and O–H groups in total. The van der Waals surface area contributed by atoms with Gasteiger partial charge in [-0.15, -0.1) is 22.9 Å². The van der Waals surface area contributed by atoms with Crippen LogP contribution >= 0.6 is 22.9 Å². The molecule has 102 valence electrons. The fourth-order valence-electron chi connectivity index (χ4n) is 2.54. The molecule has 0 spiro atoms. The van der Waals surface area contributed by atoms with Gasteiger partial charge in [-0.05, 0) is 30.4 Å². The number of rotatable bonds is 3. The van der Waals surface area contributed by atoms with Crippen LogP contribution in [0.5, 0.6) is 0 Å². The van der Waals surface area contributed by atoms with E-state index in [0.717, 1.165) is 19.4 Å². The second-order valence-electron chi connectivity index (χ2n) is 6.12. The lowest BCUT2D eigenvalue weighted by Crippen LogP contribution is -2.18. The molecule has 2 heterocycles. The predicted octanol–water partition coefficient (Wildman–Crippen LogP) is 5.14. The second kappa shape index (κ2) is 5.52. The molecule has 1 aliphatic heterocycles. The summed E-state index contributed by atoms with van der Waals surface area (Å²) in [6, 6.07) is 4.43. The van der Waals surface area contributed by atoms with Crippen molar-refractivity contribution in [2.75, 3.05) is 6.61 Å². The summed E-state index contributed by atoms with van der Waals surface area (Å²) < 4.78 is 5.75. The number of halogens is 1. The summed E-state index contributed by atoms with van der Waals surface area (Å²) >= 11 is 8.54. The Morgan fingerprint density at radius 3 is 2.72 bits per heavy atom. The van der Waals surface area contributed by atoms with Gasteiger partial charge in [0.25, 0.3) is 0 Å². The fraction of sp³-hybridized carbons (Fsp3) is 0.733. The molecule has 3 atom stereocenters. The van der Waals surface area contributed by atoms with E-state index < -0.39 is 0 Å². The van der Waals surface area contributed by atoms with Crippen LogP contribution in [0, 0.1) is 5.92 Å². The Kier molecular flexibility index (Phi) is 4.40. The van der Waals surface area contributed by atoms with Crippen LogP contribution < -0.4 is 0 Å². The van der Waals surface area contributed by atoms with E-state index in [-0.39, 0.29) is 10.8 Å². The lowest BCUT2D eigenvalue weighted by molar-refractivity contribution is 0.0866. The SMILES string of the molecule is CCC1OCCC1C(Cl)c1ccc(C(C)(C)C)s1. The van der Waals surface area contributed by atoms with Gasteiger partial charge in [0, 0.05) is 22.3 Å². The number of alkyl halides is 1. The molecule has 0 saturated carbocycles. The molecule has 0 aromatic carbocycles. The van der Waals surface area contributed by atoms with E-state index in [1.807, 2.05) is 11.3 Å². The highest BCUT2D eigenvalue weighted by molar-refractivity contribution is 7.12. The van der Waals surface area contributed by atoms with Gasteiger partial charge >= 0.3 is 0 Å². The Bertz CT molecular complexity index is 393. The molecule has 1 saturated heterocycles. The quantitative estimate of drug-likeness (QED) is 0.699. The molecule has 0 aliphatic carbocycles. The smallest absolute Gasteiger partial charge is 0.0732 e. The third kappa shape index (κ3) is 2.92. The summed E-state index contributed by atoms with van der Waals surface area (Å²) in [5.74, 6) is 0.475. The molecule has 0 radical (unpaired) electrons. The van der Waals surface area contributed by atoms with Gasteiger partial charge in [0.05, 0.1) is 11.5 Å². The molecule has 1 nitrogen and oxygen atoms in total. The number of hydrogen-bond acceptors (Lipinski definition) is 2. The first-order valence-corrected chi connectivity index (χ1v) is 8.04. The summed E-state index contributed by atoms with van der Waals surface area (Å²) in [4.78, 5) is 2.71. The topological polar surface area (TPSA) is 9.23 Å². The molecule has 1 aromatic heterocycles. The lowest BCUT2D eigenvalue weighted by Gasteiger charge is -2.21. The van der Waals surface area contributed by atoms with E-state index in [1.165, 1.54) is 9.75 Å². The van der Waals surface area contributed by atoms with Crippen LogP contribution in [0.4, 0.5) is 0 Å². The molecular formula is C15H23ClOS. The van der Waals surface area contributed by atoms with Crippen LogP contribution in [-0.4, -0.2) is 12.7 Å². The van der Waals surface area contributed by atoms with Gasteiger partial charge in [0.15, 0.2) is 0 Å². The van der Waals surface area contributed by atoms with Crippen LogP contribution in [0.15, 0.2) is 12.1 Å². The third-order valence-electron chi connectivity index (χ3n) is 3.68. The van der Waals surface area contributed by atoms with E-state index in [1.54, 1.807) is 0 Å². The third-order valence-corrected chi connectivity index (χ3v) is 5.96. The number of thiophene rings is 1. The van der Waals surface area contributed by atoms with Gasteiger partial charge in [0.2, 0.25) is 0 Å². The maximum Gasteiger partial charge on any atom is 0.0732 e. The number of hydrogen-bond donors (Lipinski definition) is 0.